The summed E-state index contributed by atoms with van der Waals surface area (Å²) in [6.07, 6.45) is 3.19. The van der Waals surface area contributed by atoms with Gasteiger partial charge in [0.25, 0.3) is 0 Å². The van der Waals surface area contributed by atoms with Gasteiger partial charge in [0.15, 0.2) is 14.1 Å². The molecule has 0 bridgehead atoms. The predicted octanol–water partition coefficient (Wildman–Crippen LogP) is 4.55. The second-order valence-corrected chi connectivity index (χ2v) is 18.0. The van der Waals surface area contributed by atoms with Gasteiger partial charge in [0, 0.05) is 12.0 Å². The average molecular weight is 323 g/mol. The lowest BCUT2D eigenvalue weighted by atomic mass is 10.2. The highest BCUT2D eigenvalue weighted by atomic mass is 28.4. The number of ketones is 1. The Morgan fingerprint density at radius 2 is 1.76 bits per heavy atom. The quantitative estimate of drug-likeness (QED) is 0.423. The molecular formula is C17H30O2Si2. The Morgan fingerprint density at radius 3 is 2.24 bits per heavy atom. The topological polar surface area (TPSA) is 26.3 Å². The third-order valence-electron chi connectivity index (χ3n) is 4.22. The number of hydrogen-bond acceptors (Lipinski definition) is 2. The molecule has 0 heterocycles. The van der Waals surface area contributed by atoms with Crippen molar-refractivity contribution in [2.75, 3.05) is 0 Å². The maximum absolute atomic E-state index is 12.1. The molecule has 1 aliphatic rings. The summed E-state index contributed by atoms with van der Waals surface area (Å²) in [6, 6.07) is 0. The molecule has 0 aromatic carbocycles. The fraction of sp³-hybridized carbons (Fsp3) is 0.706. The molecule has 0 spiro atoms. The zero-order valence-electron chi connectivity index (χ0n) is 14.9. The molecule has 0 aromatic rings. The first-order valence-electron chi connectivity index (χ1n) is 7.77. The van der Waals surface area contributed by atoms with Crippen molar-refractivity contribution in [3.8, 4) is 11.5 Å². The maximum atomic E-state index is 12.1. The van der Waals surface area contributed by atoms with E-state index in [0.717, 1.165) is 12.0 Å². The number of carbonyl (C=O) groups is 1. The van der Waals surface area contributed by atoms with Crippen molar-refractivity contribution in [2.24, 2.45) is 0 Å². The van der Waals surface area contributed by atoms with E-state index in [1.54, 1.807) is 0 Å². The van der Waals surface area contributed by atoms with Crippen molar-refractivity contribution in [3.63, 3.8) is 0 Å². The molecule has 0 aromatic heterocycles. The minimum absolute atomic E-state index is 0.0469. The molecule has 118 valence electrons. The summed E-state index contributed by atoms with van der Waals surface area (Å²) >= 11 is 0. The average Bonchev–Trinajstić information content (AvgIpc) is 2.57. The number of carbonyl (C=O) groups excluding carboxylic acids is 1. The second-order valence-electron chi connectivity index (χ2n) is 8.45. The Bertz CT molecular complexity index is 494. The van der Waals surface area contributed by atoms with Gasteiger partial charge in [-0.15, -0.1) is 5.54 Å². The van der Waals surface area contributed by atoms with Gasteiger partial charge in [-0.3, -0.25) is 4.79 Å². The van der Waals surface area contributed by atoms with Crippen LogP contribution >= 0.6 is 0 Å². The summed E-state index contributed by atoms with van der Waals surface area (Å²) in [5, 5.41) is 0.160. The molecule has 2 nitrogen and oxygen atoms in total. The fourth-order valence-electron chi connectivity index (χ4n) is 1.90. The predicted molar refractivity (Wildman–Crippen MR) is 95.5 cm³/mol. The zero-order chi connectivity index (χ0) is 16.5. The fourth-order valence-corrected chi connectivity index (χ4v) is 3.72. The van der Waals surface area contributed by atoms with Crippen molar-refractivity contribution in [3.05, 3.63) is 11.6 Å². The van der Waals surface area contributed by atoms with E-state index in [4.69, 9.17) is 4.43 Å². The Kier molecular flexibility index (Phi) is 5.47. The lowest BCUT2D eigenvalue weighted by molar-refractivity contribution is -0.114. The molecule has 0 radical (unpaired) electrons. The first kappa shape index (κ1) is 18.4. The minimum atomic E-state index is -1.85. The van der Waals surface area contributed by atoms with E-state index in [1.165, 1.54) is 0 Å². The van der Waals surface area contributed by atoms with Crippen LogP contribution in [-0.2, 0) is 9.22 Å². The summed E-state index contributed by atoms with van der Waals surface area (Å²) in [5.41, 5.74) is 4.10. The Morgan fingerprint density at radius 1 is 1.19 bits per heavy atom. The van der Waals surface area contributed by atoms with Crippen molar-refractivity contribution in [2.45, 2.75) is 77.5 Å². The van der Waals surface area contributed by atoms with E-state index >= 15 is 0 Å². The summed E-state index contributed by atoms with van der Waals surface area (Å²) in [7, 11) is -3.25. The van der Waals surface area contributed by atoms with Crippen LogP contribution in [0, 0.1) is 11.5 Å². The molecule has 1 rings (SSSR count). The highest BCUT2D eigenvalue weighted by molar-refractivity contribution is 6.83. The van der Waals surface area contributed by atoms with Crippen molar-refractivity contribution < 1.29 is 9.22 Å². The molecule has 0 saturated heterocycles. The molecule has 0 amide bonds. The van der Waals surface area contributed by atoms with Crippen LogP contribution in [0.15, 0.2) is 11.6 Å². The van der Waals surface area contributed by atoms with Gasteiger partial charge in [0.1, 0.15) is 8.07 Å². The SMILES string of the molecule is CC(C)(C)[Si](C)(C)O[C@@H]1CCC(=O)/C1=C\C#C[Si](C)(C)C. The summed E-state index contributed by atoms with van der Waals surface area (Å²) in [5.74, 6) is 3.33. The van der Waals surface area contributed by atoms with Crippen LogP contribution in [0.1, 0.15) is 33.6 Å². The summed E-state index contributed by atoms with van der Waals surface area (Å²) in [4.78, 5) is 12.1. The molecule has 1 saturated carbocycles. The van der Waals surface area contributed by atoms with Gasteiger partial charge < -0.3 is 4.43 Å². The van der Waals surface area contributed by atoms with Crippen LogP contribution in [0.3, 0.4) is 0 Å². The second kappa shape index (κ2) is 6.23. The van der Waals surface area contributed by atoms with Gasteiger partial charge in [-0.05, 0) is 30.6 Å². The van der Waals surface area contributed by atoms with Crippen LogP contribution in [-0.4, -0.2) is 28.3 Å². The monoisotopic (exact) mass is 322 g/mol. The molecule has 1 aliphatic carbocycles. The highest BCUT2D eigenvalue weighted by Crippen LogP contribution is 2.40. The largest absolute Gasteiger partial charge is 0.410 e. The van der Waals surface area contributed by atoms with Gasteiger partial charge in [0.05, 0.1) is 6.10 Å². The van der Waals surface area contributed by atoms with Crippen LogP contribution < -0.4 is 0 Å². The molecule has 0 aliphatic heterocycles. The van der Waals surface area contributed by atoms with Crippen LogP contribution in [0.5, 0.6) is 0 Å². The van der Waals surface area contributed by atoms with E-state index in [1.807, 2.05) is 6.08 Å². The zero-order valence-corrected chi connectivity index (χ0v) is 16.9. The van der Waals surface area contributed by atoms with Crippen molar-refractivity contribution >= 4 is 22.2 Å². The van der Waals surface area contributed by atoms with Gasteiger partial charge in [-0.25, -0.2) is 0 Å². The number of Topliss-reactive ketones (excluding diaryl/α,β-unsaturated/α-hetero) is 1. The smallest absolute Gasteiger partial charge is 0.192 e. The summed E-state index contributed by atoms with van der Waals surface area (Å²) in [6.45, 7) is 17.8. The Hall–Kier alpha value is -0.636. The molecular weight excluding hydrogens is 292 g/mol. The van der Waals surface area contributed by atoms with Gasteiger partial charge in [-0.2, -0.15) is 0 Å². The van der Waals surface area contributed by atoms with E-state index in [2.05, 4.69) is 65.0 Å². The number of hydrogen-bond donors (Lipinski definition) is 0. The lowest BCUT2D eigenvalue weighted by Crippen LogP contribution is -2.43. The van der Waals surface area contributed by atoms with Gasteiger partial charge >= 0.3 is 0 Å². The standard InChI is InChI=1S/C17H30O2Si2/c1-17(2,3)21(7,8)19-16-12-11-15(18)14(16)10-9-13-20(4,5)6/h10,16H,11-12H2,1-8H3/b14-10+/t16-/m1/s1. The van der Waals surface area contributed by atoms with Crippen molar-refractivity contribution in [1.29, 1.82) is 0 Å². The lowest BCUT2D eigenvalue weighted by Gasteiger charge is -2.38. The molecule has 4 heteroatoms. The van der Waals surface area contributed by atoms with Gasteiger partial charge in [-0.1, -0.05) is 46.3 Å². The highest BCUT2D eigenvalue weighted by Gasteiger charge is 2.42. The van der Waals surface area contributed by atoms with E-state index < -0.39 is 16.4 Å². The van der Waals surface area contributed by atoms with E-state index in [-0.39, 0.29) is 16.9 Å². The molecule has 21 heavy (non-hydrogen) atoms. The third kappa shape index (κ3) is 5.24. The van der Waals surface area contributed by atoms with E-state index in [0.29, 0.717) is 6.42 Å². The normalized spacial score (nSPS) is 22.4. The van der Waals surface area contributed by atoms with Gasteiger partial charge in [0.2, 0.25) is 0 Å². The molecule has 1 atom stereocenters. The molecule has 0 unspecified atom stereocenters. The first-order valence-corrected chi connectivity index (χ1v) is 14.2. The molecule has 1 fully saturated rings. The van der Waals surface area contributed by atoms with E-state index in [9.17, 15) is 4.79 Å². The minimum Gasteiger partial charge on any atom is -0.410 e. The van der Waals surface area contributed by atoms with Crippen LogP contribution in [0.4, 0.5) is 0 Å². The number of rotatable bonds is 2. The molecule has 0 N–H and O–H groups in total. The first-order chi connectivity index (χ1) is 9.33. The number of allylic oxidation sites excluding steroid dienone is 1. The van der Waals surface area contributed by atoms with Crippen LogP contribution in [0.2, 0.25) is 37.8 Å². The Labute approximate surface area is 132 Å². The summed E-state index contributed by atoms with van der Waals surface area (Å²) < 4.78 is 6.42. The maximum Gasteiger partial charge on any atom is 0.192 e. The van der Waals surface area contributed by atoms with Crippen LogP contribution in [0.25, 0.3) is 0 Å². The Balaban J connectivity index is 2.95. The third-order valence-corrected chi connectivity index (χ3v) is 9.60. The van der Waals surface area contributed by atoms with Crippen molar-refractivity contribution in [1.82, 2.24) is 0 Å².